The van der Waals surface area contributed by atoms with Gasteiger partial charge in [-0.15, -0.1) is 0 Å². The van der Waals surface area contributed by atoms with Crippen LogP contribution in [-0.4, -0.2) is 33.7 Å². The number of carboxylic acids is 1. The van der Waals surface area contributed by atoms with Gasteiger partial charge in [0.25, 0.3) is 5.91 Å². The van der Waals surface area contributed by atoms with Gasteiger partial charge in [-0.1, -0.05) is 36.8 Å². The molecule has 0 aliphatic heterocycles. The predicted octanol–water partition coefficient (Wildman–Crippen LogP) is 1.95. The molecule has 0 aliphatic carbocycles. The van der Waals surface area contributed by atoms with Crippen molar-refractivity contribution in [3.8, 4) is 0 Å². The molecular weight excluding hydrogens is 294 g/mol. The Hall–Kier alpha value is -2.63. The van der Waals surface area contributed by atoms with Crippen molar-refractivity contribution in [3.05, 3.63) is 52.8 Å². The third kappa shape index (κ3) is 4.67. The van der Waals surface area contributed by atoms with Crippen LogP contribution in [0.5, 0.6) is 0 Å². The summed E-state index contributed by atoms with van der Waals surface area (Å²) in [7, 11) is 0. The average molecular weight is 315 g/mol. The van der Waals surface area contributed by atoms with E-state index < -0.39 is 11.9 Å². The fourth-order valence-corrected chi connectivity index (χ4v) is 2.34. The fraction of sp³-hybridized carbons (Fsp3) is 0.353. The van der Waals surface area contributed by atoms with Crippen LogP contribution in [0.15, 0.2) is 30.3 Å². The SMILES string of the molecule is CCc1cc(C(=O)NCC(Cc2cccc(C)c2)C(=O)O)n[nH]1. The zero-order chi connectivity index (χ0) is 16.8. The Kier molecular flexibility index (Phi) is 5.51. The Morgan fingerprint density at radius 1 is 1.35 bits per heavy atom. The van der Waals surface area contributed by atoms with E-state index >= 15 is 0 Å². The summed E-state index contributed by atoms with van der Waals surface area (Å²) in [6.07, 6.45) is 1.13. The van der Waals surface area contributed by atoms with E-state index in [1.54, 1.807) is 6.07 Å². The number of aromatic amines is 1. The second-order valence-electron chi connectivity index (χ2n) is 5.57. The van der Waals surface area contributed by atoms with E-state index in [0.717, 1.165) is 23.2 Å². The van der Waals surface area contributed by atoms with Crippen molar-refractivity contribution in [1.82, 2.24) is 15.5 Å². The van der Waals surface area contributed by atoms with Crippen molar-refractivity contribution >= 4 is 11.9 Å². The first-order valence-corrected chi connectivity index (χ1v) is 7.60. The van der Waals surface area contributed by atoms with Gasteiger partial charge in [-0.05, 0) is 31.4 Å². The Morgan fingerprint density at radius 2 is 2.13 bits per heavy atom. The largest absolute Gasteiger partial charge is 0.481 e. The summed E-state index contributed by atoms with van der Waals surface area (Å²) in [6.45, 7) is 3.98. The number of hydrogen-bond acceptors (Lipinski definition) is 3. The molecule has 23 heavy (non-hydrogen) atoms. The molecule has 0 saturated carbocycles. The van der Waals surface area contributed by atoms with E-state index in [4.69, 9.17) is 0 Å². The normalized spacial score (nSPS) is 11.9. The molecule has 0 spiro atoms. The molecule has 0 saturated heterocycles. The maximum absolute atomic E-state index is 12.0. The lowest BCUT2D eigenvalue weighted by Gasteiger charge is -2.13. The molecule has 0 fully saturated rings. The third-order valence-electron chi connectivity index (χ3n) is 3.67. The molecule has 6 heteroatoms. The number of H-pyrrole nitrogens is 1. The van der Waals surface area contributed by atoms with Crippen LogP contribution in [-0.2, 0) is 17.6 Å². The first-order valence-electron chi connectivity index (χ1n) is 7.60. The van der Waals surface area contributed by atoms with Gasteiger partial charge in [0, 0.05) is 12.2 Å². The summed E-state index contributed by atoms with van der Waals surface area (Å²) in [5, 5.41) is 18.7. The number of amides is 1. The van der Waals surface area contributed by atoms with Gasteiger partial charge in [0.05, 0.1) is 5.92 Å². The van der Waals surface area contributed by atoms with Crippen molar-refractivity contribution in [1.29, 1.82) is 0 Å². The first kappa shape index (κ1) is 16.7. The summed E-state index contributed by atoms with van der Waals surface area (Å²) in [6, 6.07) is 9.39. The van der Waals surface area contributed by atoms with Crippen molar-refractivity contribution in [3.63, 3.8) is 0 Å². The van der Waals surface area contributed by atoms with Crippen LogP contribution in [0.2, 0.25) is 0 Å². The molecule has 1 unspecified atom stereocenters. The molecule has 0 aliphatic rings. The van der Waals surface area contributed by atoms with Gasteiger partial charge in [-0.3, -0.25) is 14.7 Å². The lowest BCUT2D eigenvalue weighted by Crippen LogP contribution is -2.34. The average Bonchev–Trinajstić information content (AvgIpc) is 3.00. The number of aromatic nitrogens is 2. The summed E-state index contributed by atoms with van der Waals surface area (Å²) < 4.78 is 0. The van der Waals surface area contributed by atoms with Crippen LogP contribution in [0.25, 0.3) is 0 Å². The minimum Gasteiger partial charge on any atom is -0.481 e. The predicted molar refractivity (Wildman–Crippen MR) is 86.3 cm³/mol. The second-order valence-corrected chi connectivity index (χ2v) is 5.57. The highest BCUT2D eigenvalue weighted by Crippen LogP contribution is 2.11. The molecule has 1 atom stereocenters. The summed E-state index contributed by atoms with van der Waals surface area (Å²) in [5.41, 5.74) is 3.17. The van der Waals surface area contributed by atoms with Gasteiger partial charge in [-0.2, -0.15) is 5.10 Å². The van der Waals surface area contributed by atoms with Crippen molar-refractivity contribution < 1.29 is 14.7 Å². The van der Waals surface area contributed by atoms with E-state index in [9.17, 15) is 14.7 Å². The Balaban J connectivity index is 1.97. The Bertz CT molecular complexity index is 694. The topological polar surface area (TPSA) is 95.1 Å². The highest BCUT2D eigenvalue weighted by molar-refractivity contribution is 5.92. The molecule has 6 nitrogen and oxygen atoms in total. The van der Waals surface area contributed by atoms with Crippen LogP contribution >= 0.6 is 0 Å². The molecular formula is C17H21N3O3. The van der Waals surface area contributed by atoms with Crippen LogP contribution in [0.3, 0.4) is 0 Å². The first-order chi connectivity index (χ1) is 11.0. The fourth-order valence-electron chi connectivity index (χ4n) is 2.34. The van der Waals surface area contributed by atoms with E-state index in [2.05, 4.69) is 15.5 Å². The summed E-state index contributed by atoms with van der Waals surface area (Å²) >= 11 is 0. The standard InChI is InChI=1S/C17H21N3O3/c1-3-14-9-15(20-19-14)16(21)18-10-13(17(22)23)8-12-6-4-5-11(2)7-12/h4-7,9,13H,3,8,10H2,1-2H3,(H,18,21)(H,19,20)(H,22,23). The number of aryl methyl sites for hydroxylation is 2. The van der Waals surface area contributed by atoms with Crippen LogP contribution < -0.4 is 5.32 Å². The quantitative estimate of drug-likeness (QED) is 0.728. The molecule has 1 heterocycles. The zero-order valence-corrected chi connectivity index (χ0v) is 13.3. The van der Waals surface area contributed by atoms with Crippen LogP contribution in [0.4, 0.5) is 0 Å². The minimum atomic E-state index is -0.928. The molecule has 3 N–H and O–H groups in total. The summed E-state index contributed by atoms with van der Waals surface area (Å²) in [4.78, 5) is 23.4. The number of nitrogens with one attached hydrogen (secondary N) is 2. The number of carboxylic acid groups (broad SMARTS) is 1. The van der Waals surface area contributed by atoms with Gasteiger partial charge in [-0.25, -0.2) is 0 Å². The molecule has 1 aromatic heterocycles. The molecule has 1 aromatic carbocycles. The highest BCUT2D eigenvalue weighted by atomic mass is 16.4. The van der Waals surface area contributed by atoms with Crippen LogP contribution in [0.1, 0.15) is 34.2 Å². The number of hydrogen-bond donors (Lipinski definition) is 3. The lowest BCUT2D eigenvalue weighted by atomic mass is 9.98. The van der Waals surface area contributed by atoms with Gasteiger partial charge in [0.15, 0.2) is 0 Å². The maximum Gasteiger partial charge on any atom is 0.308 e. The number of nitrogens with zero attached hydrogens (tertiary/aromatic N) is 1. The monoisotopic (exact) mass is 315 g/mol. The van der Waals surface area contributed by atoms with E-state index in [0.29, 0.717) is 6.42 Å². The minimum absolute atomic E-state index is 0.0659. The Labute approximate surface area is 134 Å². The van der Waals surface area contributed by atoms with Gasteiger partial charge in [0.1, 0.15) is 5.69 Å². The zero-order valence-electron chi connectivity index (χ0n) is 13.3. The van der Waals surface area contributed by atoms with Crippen molar-refractivity contribution in [2.45, 2.75) is 26.7 Å². The van der Waals surface area contributed by atoms with Crippen molar-refractivity contribution in [2.24, 2.45) is 5.92 Å². The summed E-state index contributed by atoms with van der Waals surface area (Å²) in [5.74, 6) is -1.97. The number of carbonyl (C=O) groups excluding carboxylic acids is 1. The van der Waals surface area contributed by atoms with Gasteiger partial charge in [0.2, 0.25) is 0 Å². The molecule has 0 radical (unpaired) electrons. The highest BCUT2D eigenvalue weighted by Gasteiger charge is 2.20. The van der Waals surface area contributed by atoms with Gasteiger partial charge < -0.3 is 10.4 Å². The molecule has 2 rings (SSSR count). The van der Waals surface area contributed by atoms with E-state index in [1.807, 2.05) is 38.1 Å². The molecule has 1 amide bonds. The van der Waals surface area contributed by atoms with Crippen molar-refractivity contribution in [2.75, 3.05) is 6.54 Å². The third-order valence-corrected chi connectivity index (χ3v) is 3.67. The Morgan fingerprint density at radius 3 is 2.74 bits per heavy atom. The molecule has 0 bridgehead atoms. The number of aliphatic carboxylic acids is 1. The van der Waals surface area contributed by atoms with Gasteiger partial charge >= 0.3 is 5.97 Å². The molecule has 122 valence electrons. The van der Waals surface area contributed by atoms with Crippen LogP contribution in [0, 0.1) is 12.8 Å². The second kappa shape index (κ2) is 7.58. The number of carbonyl (C=O) groups is 2. The smallest absolute Gasteiger partial charge is 0.308 e. The number of rotatable bonds is 7. The maximum atomic E-state index is 12.0. The van der Waals surface area contributed by atoms with E-state index in [1.165, 1.54) is 0 Å². The number of benzene rings is 1. The molecule has 2 aromatic rings. The van der Waals surface area contributed by atoms with E-state index in [-0.39, 0.29) is 18.1 Å². The lowest BCUT2D eigenvalue weighted by molar-refractivity contribution is -0.141.